The van der Waals surface area contributed by atoms with E-state index in [1.807, 2.05) is 19.2 Å². The Hall–Kier alpha value is -2.36. The zero-order valence-electron chi connectivity index (χ0n) is 14.6. The van der Waals surface area contributed by atoms with Crippen molar-refractivity contribution in [2.24, 2.45) is 11.8 Å². The monoisotopic (exact) mass is 339 g/mol. The molecular formula is C21H25NO3. The topological polar surface area (TPSA) is 57.6 Å². The van der Waals surface area contributed by atoms with E-state index >= 15 is 0 Å². The zero-order valence-corrected chi connectivity index (χ0v) is 14.6. The van der Waals surface area contributed by atoms with Crippen LogP contribution in [0.1, 0.15) is 31.2 Å². The van der Waals surface area contributed by atoms with E-state index in [-0.39, 0.29) is 17.7 Å². The van der Waals surface area contributed by atoms with Gasteiger partial charge in [-0.1, -0.05) is 48.9 Å². The first kappa shape index (κ1) is 17.5. The van der Waals surface area contributed by atoms with Crippen molar-refractivity contribution >= 4 is 22.6 Å². The summed E-state index contributed by atoms with van der Waals surface area (Å²) in [5.74, 6) is -1.19. The van der Waals surface area contributed by atoms with Gasteiger partial charge in [-0.25, -0.2) is 0 Å². The minimum Gasteiger partial charge on any atom is -0.481 e. The van der Waals surface area contributed by atoms with Crippen LogP contribution in [-0.2, 0) is 16.0 Å². The molecule has 1 fully saturated rings. The first-order valence-electron chi connectivity index (χ1n) is 9.00. The van der Waals surface area contributed by atoms with Crippen molar-refractivity contribution in [2.75, 3.05) is 13.6 Å². The minimum absolute atomic E-state index is 0.0891. The van der Waals surface area contributed by atoms with Crippen LogP contribution in [0.25, 0.3) is 10.8 Å². The van der Waals surface area contributed by atoms with E-state index in [0.717, 1.165) is 19.3 Å². The third-order valence-electron chi connectivity index (χ3n) is 5.35. The first-order chi connectivity index (χ1) is 12.1. The van der Waals surface area contributed by atoms with E-state index in [1.165, 1.54) is 16.3 Å². The Morgan fingerprint density at radius 2 is 1.80 bits per heavy atom. The summed E-state index contributed by atoms with van der Waals surface area (Å²) in [6, 6.07) is 14.5. The van der Waals surface area contributed by atoms with Crippen LogP contribution in [0.5, 0.6) is 0 Å². The lowest BCUT2D eigenvalue weighted by molar-refractivity contribution is -0.145. The number of amides is 1. The molecule has 4 nitrogen and oxygen atoms in total. The van der Waals surface area contributed by atoms with Gasteiger partial charge in [0.05, 0.1) is 5.92 Å². The molecule has 1 amide bonds. The maximum absolute atomic E-state index is 12.7. The van der Waals surface area contributed by atoms with Gasteiger partial charge in [-0.3, -0.25) is 9.59 Å². The van der Waals surface area contributed by atoms with Crippen LogP contribution < -0.4 is 0 Å². The number of aliphatic carboxylic acids is 1. The van der Waals surface area contributed by atoms with Gasteiger partial charge in [0.15, 0.2) is 0 Å². The molecule has 25 heavy (non-hydrogen) atoms. The highest BCUT2D eigenvalue weighted by Crippen LogP contribution is 2.30. The van der Waals surface area contributed by atoms with Gasteiger partial charge >= 0.3 is 5.97 Å². The molecule has 3 rings (SSSR count). The summed E-state index contributed by atoms with van der Waals surface area (Å²) in [5.41, 5.74) is 1.24. The number of likely N-dealkylation sites (N-methyl/N-ethyl adjacent to an activating group) is 1. The number of fused-ring (bicyclic) bond motifs is 1. The molecule has 2 aromatic rings. The molecule has 0 aliphatic heterocycles. The van der Waals surface area contributed by atoms with E-state index in [9.17, 15) is 14.7 Å². The van der Waals surface area contributed by atoms with Crippen molar-refractivity contribution in [3.63, 3.8) is 0 Å². The Balaban J connectivity index is 1.62. The van der Waals surface area contributed by atoms with Gasteiger partial charge in [-0.2, -0.15) is 0 Å². The van der Waals surface area contributed by atoms with E-state index in [2.05, 4.69) is 30.3 Å². The van der Waals surface area contributed by atoms with Crippen LogP contribution in [0.3, 0.4) is 0 Å². The fourth-order valence-corrected chi connectivity index (χ4v) is 3.86. The van der Waals surface area contributed by atoms with Gasteiger partial charge in [0, 0.05) is 19.5 Å². The molecule has 0 saturated heterocycles. The predicted molar refractivity (Wildman–Crippen MR) is 98.4 cm³/mol. The van der Waals surface area contributed by atoms with Crippen molar-refractivity contribution in [3.05, 3.63) is 48.0 Å². The fraction of sp³-hybridized carbons (Fsp3) is 0.429. The number of hydrogen-bond donors (Lipinski definition) is 1. The smallest absolute Gasteiger partial charge is 0.306 e. The summed E-state index contributed by atoms with van der Waals surface area (Å²) in [6.07, 6.45) is 3.61. The average molecular weight is 339 g/mol. The Morgan fingerprint density at radius 3 is 2.60 bits per heavy atom. The first-order valence-corrected chi connectivity index (χ1v) is 9.00. The molecule has 4 heteroatoms. The SMILES string of the molecule is CN(CCc1cccc2ccccc12)C(=O)C1CCCC(C(=O)O)C1. The van der Waals surface area contributed by atoms with E-state index in [1.54, 1.807) is 4.90 Å². The zero-order chi connectivity index (χ0) is 17.8. The van der Waals surface area contributed by atoms with Crippen molar-refractivity contribution < 1.29 is 14.7 Å². The third-order valence-corrected chi connectivity index (χ3v) is 5.35. The normalized spacial score (nSPS) is 20.4. The van der Waals surface area contributed by atoms with Crippen LogP contribution in [-0.4, -0.2) is 35.5 Å². The van der Waals surface area contributed by atoms with Gasteiger partial charge < -0.3 is 10.0 Å². The Morgan fingerprint density at radius 1 is 1.08 bits per heavy atom. The number of benzene rings is 2. The Labute approximate surface area is 148 Å². The highest BCUT2D eigenvalue weighted by Gasteiger charge is 2.32. The summed E-state index contributed by atoms with van der Waals surface area (Å²) >= 11 is 0. The van der Waals surface area contributed by atoms with Crippen molar-refractivity contribution in [1.82, 2.24) is 4.90 Å². The summed E-state index contributed by atoms with van der Waals surface area (Å²) < 4.78 is 0. The molecular weight excluding hydrogens is 314 g/mol. The molecule has 0 aromatic heterocycles. The number of rotatable bonds is 5. The summed E-state index contributed by atoms with van der Waals surface area (Å²) in [6.45, 7) is 0.654. The average Bonchev–Trinajstić information content (AvgIpc) is 2.65. The maximum Gasteiger partial charge on any atom is 0.306 e. The molecule has 2 atom stereocenters. The van der Waals surface area contributed by atoms with Gasteiger partial charge in [0.2, 0.25) is 5.91 Å². The lowest BCUT2D eigenvalue weighted by Gasteiger charge is -2.29. The van der Waals surface area contributed by atoms with Crippen molar-refractivity contribution in [3.8, 4) is 0 Å². The molecule has 1 saturated carbocycles. The molecule has 0 heterocycles. The standard InChI is InChI=1S/C21H25NO3/c1-22(20(23)17-9-5-10-18(14-17)21(24)25)13-12-16-8-4-7-15-6-2-3-11-19(15)16/h2-4,6-8,11,17-18H,5,9-10,12-14H2,1H3,(H,24,25). The molecule has 0 radical (unpaired) electrons. The lowest BCUT2D eigenvalue weighted by Crippen LogP contribution is -2.37. The third kappa shape index (κ3) is 4.01. The van der Waals surface area contributed by atoms with Crippen LogP contribution in [0.4, 0.5) is 0 Å². The minimum atomic E-state index is -0.768. The number of carboxylic acids is 1. The second kappa shape index (κ2) is 7.68. The molecule has 0 spiro atoms. The van der Waals surface area contributed by atoms with E-state index in [4.69, 9.17) is 0 Å². The number of carbonyl (C=O) groups excluding carboxylic acids is 1. The van der Waals surface area contributed by atoms with Crippen LogP contribution in [0.15, 0.2) is 42.5 Å². The van der Waals surface area contributed by atoms with Crippen LogP contribution in [0.2, 0.25) is 0 Å². The molecule has 2 aromatic carbocycles. The fourth-order valence-electron chi connectivity index (χ4n) is 3.86. The second-order valence-corrected chi connectivity index (χ2v) is 7.05. The lowest BCUT2D eigenvalue weighted by atomic mass is 9.81. The Kier molecular flexibility index (Phi) is 5.37. The molecule has 1 aliphatic rings. The maximum atomic E-state index is 12.7. The van der Waals surface area contributed by atoms with Gasteiger partial charge in [-0.15, -0.1) is 0 Å². The predicted octanol–water partition coefficient (Wildman–Crippen LogP) is 3.73. The van der Waals surface area contributed by atoms with Gasteiger partial charge in [-0.05, 0) is 42.0 Å². The Bertz CT molecular complexity index is 765. The van der Waals surface area contributed by atoms with Crippen LogP contribution >= 0.6 is 0 Å². The van der Waals surface area contributed by atoms with E-state index in [0.29, 0.717) is 19.4 Å². The van der Waals surface area contributed by atoms with E-state index < -0.39 is 5.97 Å². The number of nitrogens with zero attached hydrogens (tertiary/aromatic N) is 1. The molecule has 2 unspecified atom stereocenters. The largest absolute Gasteiger partial charge is 0.481 e. The summed E-state index contributed by atoms with van der Waals surface area (Å²) in [7, 11) is 1.83. The molecule has 1 N–H and O–H groups in total. The quantitative estimate of drug-likeness (QED) is 0.903. The highest BCUT2D eigenvalue weighted by molar-refractivity contribution is 5.85. The van der Waals surface area contributed by atoms with Crippen molar-refractivity contribution in [1.29, 1.82) is 0 Å². The highest BCUT2D eigenvalue weighted by atomic mass is 16.4. The second-order valence-electron chi connectivity index (χ2n) is 7.05. The van der Waals surface area contributed by atoms with Gasteiger partial charge in [0.1, 0.15) is 0 Å². The number of hydrogen-bond acceptors (Lipinski definition) is 2. The van der Waals surface area contributed by atoms with Gasteiger partial charge in [0.25, 0.3) is 0 Å². The van der Waals surface area contributed by atoms with Crippen molar-refractivity contribution in [2.45, 2.75) is 32.1 Å². The molecule has 132 valence electrons. The summed E-state index contributed by atoms with van der Waals surface area (Å²) in [4.78, 5) is 25.7. The summed E-state index contributed by atoms with van der Waals surface area (Å²) in [5, 5.41) is 11.6. The molecule has 1 aliphatic carbocycles. The van der Waals surface area contributed by atoms with Crippen LogP contribution in [0, 0.1) is 11.8 Å². The number of carbonyl (C=O) groups is 2. The number of carboxylic acid groups (broad SMARTS) is 1. The molecule has 0 bridgehead atoms.